The molecule has 0 aromatic heterocycles. The van der Waals surface area contributed by atoms with E-state index in [1.165, 1.54) is 0 Å². The van der Waals surface area contributed by atoms with Gasteiger partial charge in [0.15, 0.2) is 23.1 Å². The van der Waals surface area contributed by atoms with E-state index in [2.05, 4.69) is 4.74 Å². The number of hydrogen-bond acceptors (Lipinski definition) is 3. The molecule has 1 aliphatic rings. The van der Waals surface area contributed by atoms with Gasteiger partial charge >= 0.3 is 11.9 Å². The van der Waals surface area contributed by atoms with Gasteiger partial charge < -0.3 is 4.74 Å². The molecule has 0 bridgehead atoms. The van der Waals surface area contributed by atoms with Crippen LogP contribution in [0.1, 0.15) is 20.3 Å². The SMILES string of the molecule is CCC1(F)C(F)=C(F)C(F)=CC1C(=O)OC(C)=O. The fraction of sp³-hybridized carbons (Fsp3) is 0.455. The van der Waals surface area contributed by atoms with Gasteiger partial charge in [-0.25, -0.2) is 17.6 Å². The molecule has 0 spiro atoms. The van der Waals surface area contributed by atoms with Crippen molar-refractivity contribution in [1.29, 1.82) is 0 Å². The lowest BCUT2D eigenvalue weighted by Gasteiger charge is -2.30. The lowest BCUT2D eigenvalue weighted by molar-refractivity contribution is -0.163. The van der Waals surface area contributed by atoms with Crippen molar-refractivity contribution >= 4 is 11.9 Å². The Morgan fingerprint density at radius 2 is 1.94 bits per heavy atom. The topological polar surface area (TPSA) is 43.4 Å². The maximum absolute atomic E-state index is 14.2. The second-order valence-corrected chi connectivity index (χ2v) is 3.75. The summed E-state index contributed by atoms with van der Waals surface area (Å²) in [6.45, 7) is 2.03. The average molecular weight is 266 g/mol. The molecule has 0 N–H and O–H groups in total. The van der Waals surface area contributed by atoms with E-state index in [1.54, 1.807) is 0 Å². The van der Waals surface area contributed by atoms with Crippen LogP contribution < -0.4 is 0 Å². The van der Waals surface area contributed by atoms with Crippen LogP contribution in [0.15, 0.2) is 23.6 Å². The molecule has 18 heavy (non-hydrogen) atoms. The summed E-state index contributed by atoms with van der Waals surface area (Å²) in [5.74, 6) is -10.2. The van der Waals surface area contributed by atoms with Crippen molar-refractivity contribution in [3.63, 3.8) is 0 Å². The van der Waals surface area contributed by atoms with E-state index in [9.17, 15) is 27.2 Å². The molecule has 0 aromatic rings. The number of ether oxygens (including phenoxy) is 1. The minimum Gasteiger partial charge on any atom is -0.393 e. The van der Waals surface area contributed by atoms with Crippen molar-refractivity contribution in [2.75, 3.05) is 0 Å². The molecule has 1 rings (SSSR count). The molecule has 0 heterocycles. The zero-order valence-corrected chi connectivity index (χ0v) is 9.60. The van der Waals surface area contributed by atoms with Crippen LogP contribution >= 0.6 is 0 Å². The number of esters is 2. The van der Waals surface area contributed by atoms with Crippen LogP contribution in [0, 0.1) is 5.92 Å². The molecule has 3 nitrogen and oxygen atoms in total. The van der Waals surface area contributed by atoms with Crippen LogP contribution in [-0.2, 0) is 14.3 Å². The van der Waals surface area contributed by atoms with Crippen molar-refractivity contribution in [2.24, 2.45) is 5.92 Å². The maximum atomic E-state index is 14.2. The lowest BCUT2D eigenvalue weighted by atomic mass is 9.81. The molecule has 1 aliphatic carbocycles. The first-order valence-corrected chi connectivity index (χ1v) is 5.08. The molecule has 0 amide bonds. The van der Waals surface area contributed by atoms with Crippen LogP contribution in [0.2, 0.25) is 0 Å². The van der Waals surface area contributed by atoms with E-state index in [0.717, 1.165) is 13.8 Å². The van der Waals surface area contributed by atoms with E-state index >= 15 is 0 Å². The highest BCUT2D eigenvalue weighted by Gasteiger charge is 2.51. The van der Waals surface area contributed by atoms with Crippen LogP contribution in [0.25, 0.3) is 0 Å². The molecule has 0 saturated carbocycles. The van der Waals surface area contributed by atoms with Crippen molar-refractivity contribution in [1.82, 2.24) is 0 Å². The van der Waals surface area contributed by atoms with Crippen molar-refractivity contribution < 1.29 is 31.9 Å². The van der Waals surface area contributed by atoms with E-state index in [0.29, 0.717) is 0 Å². The molecule has 0 aliphatic heterocycles. The summed E-state index contributed by atoms with van der Waals surface area (Å²) >= 11 is 0. The zero-order valence-electron chi connectivity index (χ0n) is 9.60. The van der Waals surface area contributed by atoms with Gasteiger partial charge in [0.05, 0.1) is 0 Å². The summed E-state index contributed by atoms with van der Waals surface area (Å²) in [4.78, 5) is 21.9. The van der Waals surface area contributed by atoms with Crippen LogP contribution in [0.4, 0.5) is 17.6 Å². The second-order valence-electron chi connectivity index (χ2n) is 3.75. The van der Waals surface area contributed by atoms with E-state index in [-0.39, 0.29) is 6.08 Å². The molecule has 2 atom stereocenters. The second kappa shape index (κ2) is 4.91. The Hall–Kier alpha value is -1.66. The van der Waals surface area contributed by atoms with Gasteiger partial charge in [-0.1, -0.05) is 6.92 Å². The van der Waals surface area contributed by atoms with Gasteiger partial charge in [-0.05, 0) is 12.5 Å². The van der Waals surface area contributed by atoms with Gasteiger partial charge in [-0.2, -0.15) is 0 Å². The van der Waals surface area contributed by atoms with Gasteiger partial charge in [0, 0.05) is 6.92 Å². The average Bonchev–Trinajstić information content (AvgIpc) is 2.30. The molecular formula is C11H10F4O3. The highest BCUT2D eigenvalue weighted by atomic mass is 19.2. The van der Waals surface area contributed by atoms with E-state index < -0.39 is 47.4 Å². The number of rotatable bonds is 2. The summed E-state index contributed by atoms with van der Waals surface area (Å²) < 4.78 is 57.6. The van der Waals surface area contributed by atoms with E-state index in [1.807, 2.05) is 0 Å². The molecule has 0 radical (unpaired) electrons. The number of carbonyl (C=O) groups excluding carboxylic acids is 2. The van der Waals surface area contributed by atoms with Crippen molar-refractivity contribution in [3.05, 3.63) is 23.6 Å². The molecule has 100 valence electrons. The van der Waals surface area contributed by atoms with Gasteiger partial charge in [0.25, 0.3) is 0 Å². The largest absolute Gasteiger partial charge is 0.393 e. The zero-order chi connectivity index (χ0) is 14.1. The Balaban J connectivity index is 3.20. The van der Waals surface area contributed by atoms with Gasteiger partial charge in [-0.3, -0.25) is 9.59 Å². The molecule has 0 fully saturated rings. The Labute approximate surface area is 100 Å². The number of allylic oxidation sites excluding steroid dienone is 3. The third-order valence-corrected chi connectivity index (χ3v) is 2.59. The smallest absolute Gasteiger partial charge is 0.324 e. The fourth-order valence-corrected chi connectivity index (χ4v) is 1.61. The number of halogens is 4. The number of alkyl halides is 1. The Bertz CT molecular complexity index is 455. The van der Waals surface area contributed by atoms with Gasteiger partial charge in [0.1, 0.15) is 5.92 Å². The Morgan fingerprint density at radius 3 is 2.39 bits per heavy atom. The monoisotopic (exact) mass is 266 g/mol. The third-order valence-electron chi connectivity index (χ3n) is 2.59. The van der Waals surface area contributed by atoms with Gasteiger partial charge in [0.2, 0.25) is 0 Å². The predicted octanol–water partition coefficient (Wildman–Crippen LogP) is 2.83. The normalized spacial score (nSPS) is 27.9. The molecule has 0 saturated heterocycles. The first-order valence-electron chi connectivity index (χ1n) is 5.08. The summed E-state index contributed by atoms with van der Waals surface area (Å²) in [5.41, 5.74) is -3.05. The number of carbonyl (C=O) groups is 2. The summed E-state index contributed by atoms with van der Waals surface area (Å²) in [6, 6.07) is 0. The first kappa shape index (κ1) is 14.4. The highest BCUT2D eigenvalue weighted by Crippen LogP contribution is 2.44. The number of hydrogen-bond donors (Lipinski definition) is 0. The van der Waals surface area contributed by atoms with E-state index in [4.69, 9.17) is 0 Å². The Kier molecular flexibility index (Phi) is 3.93. The van der Waals surface area contributed by atoms with Crippen LogP contribution in [-0.4, -0.2) is 17.6 Å². The molecular weight excluding hydrogens is 256 g/mol. The molecule has 7 heteroatoms. The lowest BCUT2D eigenvalue weighted by Crippen LogP contribution is -2.41. The van der Waals surface area contributed by atoms with Gasteiger partial charge in [-0.15, -0.1) is 0 Å². The summed E-state index contributed by atoms with van der Waals surface area (Å²) in [6.07, 6.45) is -0.346. The summed E-state index contributed by atoms with van der Waals surface area (Å²) in [5, 5.41) is 0. The fourth-order valence-electron chi connectivity index (χ4n) is 1.61. The minimum atomic E-state index is -3.05. The molecule has 2 unspecified atom stereocenters. The van der Waals surface area contributed by atoms with Crippen molar-refractivity contribution in [3.8, 4) is 0 Å². The predicted molar refractivity (Wildman–Crippen MR) is 52.8 cm³/mol. The first-order chi connectivity index (χ1) is 8.24. The quantitative estimate of drug-likeness (QED) is 0.438. The third kappa shape index (κ3) is 2.30. The summed E-state index contributed by atoms with van der Waals surface area (Å²) in [7, 11) is 0. The molecule has 0 aromatic carbocycles. The Morgan fingerprint density at radius 1 is 1.39 bits per heavy atom. The van der Waals surface area contributed by atoms with Crippen molar-refractivity contribution in [2.45, 2.75) is 25.9 Å². The van der Waals surface area contributed by atoms with Crippen LogP contribution in [0.5, 0.6) is 0 Å². The standard InChI is InChI=1S/C11H10F4O3/c1-3-11(15)6(10(17)18-5(2)16)4-7(12)8(13)9(11)14/h4,6H,3H2,1-2H3. The van der Waals surface area contributed by atoms with Crippen LogP contribution in [0.3, 0.4) is 0 Å². The minimum absolute atomic E-state index is 0.271. The maximum Gasteiger partial charge on any atom is 0.324 e. The highest BCUT2D eigenvalue weighted by molar-refractivity contribution is 5.88.